The molecule has 2 aromatic carbocycles. The molecule has 0 fully saturated rings. The number of anilines is 1. The number of amides is 1. The Hall–Kier alpha value is -3.56. The third-order valence-electron chi connectivity index (χ3n) is 5.34. The van der Waals surface area contributed by atoms with Crippen molar-refractivity contribution in [3.8, 4) is 11.5 Å². The summed E-state index contributed by atoms with van der Waals surface area (Å²) in [6.07, 6.45) is -3.69. The van der Waals surface area contributed by atoms with Crippen LogP contribution >= 0.6 is 0 Å². The minimum absolute atomic E-state index is 0.0421. The van der Waals surface area contributed by atoms with Crippen LogP contribution in [0.3, 0.4) is 0 Å². The van der Waals surface area contributed by atoms with E-state index in [0.29, 0.717) is 33.8 Å². The summed E-state index contributed by atoms with van der Waals surface area (Å²) in [5.74, 6) is -0.111. The molecule has 2 N–H and O–H groups in total. The molecule has 0 aliphatic carbocycles. The first-order valence-electron chi connectivity index (χ1n) is 9.95. The van der Waals surface area contributed by atoms with E-state index in [1.165, 1.54) is 19.2 Å². The van der Waals surface area contributed by atoms with E-state index in [-0.39, 0.29) is 18.1 Å². The highest BCUT2D eigenvalue weighted by atomic mass is 19.3. The number of halogens is 3. The molecule has 2 atom stereocenters. The van der Waals surface area contributed by atoms with Crippen LogP contribution in [0.25, 0.3) is 10.8 Å². The first-order chi connectivity index (χ1) is 15.3. The number of likely N-dealkylation sites (N-methyl/N-ethyl adjacent to an activating group) is 1. The molecule has 1 aromatic heterocycles. The standard InChI is InChI=1S/C22H21F3N4O3/c1-10(12-5-4-6-13(19(12)23)20(24)25)27-21-15-8-16-17(7-14(15)11(2)28-29-21)32-18(9-31-16)22(30)26-3/h4-8,10,18,20H,9H2,1-3H3,(H,26,30)(H,27,29)/t10-,18?/m1/s1. The number of alkyl halides is 2. The minimum atomic E-state index is -2.91. The molecule has 32 heavy (non-hydrogen) atoms. The van der Waals surface area contributed by atoms with Crippen molar-refractivity contribution in [3.05, 3.63) is 53.0 Å². The van der Waals surface area contributed by atoms with Gasteiger partial charge in [0.15, 0.2) is 17.3 Å². The van der Waals surface area contributed by atoms with E-state index >= 15 is 0 Å². The summed E-state index contributed by atoms with van der Waals surface area (Å²) < 4.78 is 52.2. The van der Waals surface area contributed by atoms with Crippen molar-refractivity contribution < 1.29 is 27.4 Å². The van der Waals surface area contributed by atoms with Crippen molar-refractivity contribution in [2.24, 2.45) is 0 Å². The molecule has 0 radical (unpaired) electrons. The Labute approximate surface area is 181 Å². The number of fused-ring (bicyclic) bond motifs is 2. The second-order valence-corrected chi connectivity index (χ2v) is 7.43. The summed E-state index contributed by atoms with van der Waals surface area (Å²) in [6.45, 7) is 3.45. The minimum Gasteiger partial charge on any atom is -0.485 e. The molecule has 1 unspecified atom stereocenters. The number of hydrogen-bond acceptors (Lipinski definition) is 6. The molecule has 0 bridgehead atoms. The lowest BCUT2D eigenvalue weighted by Crippen LogP contribution is -2.42. The molecule has 2 heterocycles. The van der Waals surface area contributed by atoms with Gasteiger partial charge in [-0.1, -0.05) is 18.2 Å². The highest BCUT2D eigenvalue weighted by molar-refractivity contribution is 5.96. The largest absolute Gasteiger partial charge is 0.485 e. The molecular weight excluding hydrogens is 425 g/mol. The predicted octanol–water partition coefficient (Wildman–Crippen LogP) is 4.07. The Kier molecular flexibility index (Phi) is 5.77. The van der Waals surface area contributed by atoms with Gasteiger partial charge in [-0.15, -0.1) is 5.10 Å². The monoisotopic (exact) mass is 446 g/mol. The van der Waals surface area contributed by atoms with Gasteiger partial charge in [0.25, 0.3) is 12.3 Å². The average molecular weight is 446 g/mol. The molecule has 0 spiro atoms. The van der Waals surface area contributed by atoms with Gasteiger partial charge < -0.3 is 20.1 Å². The lowest BCUT2D eigenvalue weighted by atomic mass is 10.0. The smallest absolute Gasteiger partial charge is 0.266 e. The molecule has 1 aliphatic rings. The molecule has 0 saturated carbocycles. The van der Waals surface area contributed by atoms with Gasteiger partial charge in [0.05, 0.1) is 17.3 Å². The Balaban J connectivity index is 1.70. The average Bonchev–Trinajstić information content (AvgIpc) is 2.79. The number of nitrogens with zero attached hydrogens (tertiary/aromatic N) is 2. The molecule has 7 nitrogen and oxygen atoms in total. The summed E-state index contributed by atoms with van der Waals surface area (Å²) in [6, 6.07) is 6.64. The van der Waals surface area contributed by atoms with Gasteiger partial charge in [0.2, 0.25) is 6.10 Å². The van der Waals surface area contributed by atoms with Gasteiger partial charge in [-0.05, 0) is 26.0 Å². The second kappa shape index (κ2) is 8.52. The second-order valence-electron chi connectivity index (χ2n) is 7.43. The number of aryl methyl sites for hydroxylation is 1. The van der Waals surface area contributed by atoms with Crippen molar-refractivity contribution in [2.75, 3.05) is 19.0 Å². The Morgan fingerprint density at radius 1 is 1.16 bits per heavy atom. The number of aromatic nitrogens is 2. The van der Waals surface area contributed by atoms with Crippen molar-refractivity contribution >= 4 is 22.5 Å². The van der Waals surface area contributed by atoms with Crippen LogP contribution in [0, 0.1) is 12.7 Å². The van der Waals surface area contributed by atoms with Gasteiger partial charge in [-0.2, -0.15) is 5.10 Å². The van der Waals surface area contributed by atoms with Crippen molar-refractivity contribution in [2.45, 2.75) is 32.4 Å². The first kappa shape index (κ1) is 21.7. The van der Waals surface area contributed by atoms with E-state index in [1.807, 2.05) is 0 Å². The maximum absolute atomic E-state index is 14.6. The number of nitrogens with one attached hydrogen (secondary N) is 2. The maximum Gasteiger partial charge on any atom is 0.266 e. The van der Waals surface area contributed by atoms with Crippen molar-refractivity contribution in [3.63, 3.8) is 0 Å². The van der Waals surface area contributed by atoms with Crippen molar-refractivity contribution in [1.29, 1.82) is 0 Å². The van der Waals surface area contributed by atoms with Crippen LogP contribution in [0.15, 0.2) is 30.3 Å². The third-order valence-corrected chi connectivity index (χ3v) is 5.34. The Morgan fingerprint density at radius 3 is 2.59 bits per heavy atom. The van der Waals surface area contributed by atoms with Crippen LogP contribution in [-0.2, 0) is 4.79 Å². The van der Waals surface area contributed by atoms with Gasteiger partial charge >= 0.3 is 0 Å². The Bertz CT molecular complexity index is 1190. The fourth-order valence-corrected chi connectivity index (χ4v) is 3.60. The molecule has 0 saturated heterocycles. The van der Waals surface area contributed by atoms with Crippen molar-refractivity contribution in [1.82, 2.24) is 15.5 Å². The summed E-state index contributed by atoms with van der Waals surface area (Å²) in [7, 11) is 1.51. The molecule has 1 amide bonds. The summed E-state index contributed by atoms with van der Waals surface area (Å²) in [5, 5.41) is 15.2. The molecule has 168 valence electrons. The zero-order valence-electron chi connectivity index (χ0n) is 17.6. The zero-order valence-corrected chi connectivity index (χ0v) is 17.6. The zero-order chi connectivity index (χ0) is 23.0. The fourth-order valence-electron chi connectivity index (χ4n) is 3.60. The molecule has 3 aromatic rings. The number of carbonyl (C=O) groups is 1. The van der Waals surface area contributed by atoms with E-state index < -0.39 is 30.0 Å². The van der Waals surface area contributed by atoms with Gasteiger partial charge in [-0.25, -0.2) is 13.2 Å². The van der Waals surface area contributed by atoms with Gasteiger partial charge in [-0.3, -0.25) is 4.79 Å². The topological polar surface area (TPSA) is 85.4 Å². The van der Waals surface area contributed by atoms with Crippen LogP contribution in [0.5, 0.6) is 11.5 Å². The number of hydrogen-bond donors (Lipinski definition) is 2. The summed E-state index contributed by atoms with van der Waals surface area (Å²) in [5.41, 5.74) is 0.0446. The normalized spacial score (nSPS) is 16.2. The quantitative estimate of drug-likeness (QED) is 0.615. The number of benzene rings is 2. The van der Waals surface area contributed by atoms with E-state index in [1.54, 1.807) is 26.0 Å². The molecular formula is C22H21F3N4O3. The highest BCUT2D eigenvalue weighted by Gasteiger charge is 2.28. The van der Waals surface area contributed by atoms with Gasteiger partial charge in [0.1, 0.15) is 12.4 Å². The fraction of sp³-hybridized carbons (Fsp3) is 0.318. The van der Waals surface area contributed by atoms with Crippen LogP contribution in [0.2, 0.25) is 0 Å². The molecule has 4 rings (SSSR count). The van der Waals surface area contributed by atoms with E-state index in [0.717, 1.165) is 6.07 Å². The number of ether oxygens (including phenoxy) is 2. The van der Waals surface area contributed by atoms with E-state index in [2.05, 4.69) is 20.8 Å². The molecule has 10 heteroatoms. The molecule has 1 aliphatic heterocycles. The first-order valence-corrected chi connectivity index (χ1v) is 9.95. The lowest BCUT2D eigenvalue weighted by molar-refractivity contribution is -0.129. The summed E-state index contributed by atoms with van der Waals surface area (Å²) in [4.78, 5) is 11.9. The van der Waals surface area contributed by atoms with Crippen LogP contribution in [0.1, 0.15) is 36.2 Å². The predicted molar refractivity (Wildman–Crippen MR) is 112 cm³/mol. The maximum atomic E-state index is 14.6. The summed E-state index contributed by atoms with van der Waals surface area (Å²) >= 11 is 0. The van der Waals surface area contributed by atoms with Crippen LogP contribution in [0.4, 0.5) is 19.0 Å². The SMILES string of the molecule is CNC(=O)C1COc2cc3c(N[C@H](C)c4cccc(C(F)F)c4F)nnc(C)c3cc2O1. The van der Waals surface area contributed by atoms with Crippen LogP contribution in [-0.4, -0.2) is 35.9 Å². The highest BCUT2D eigenvalue weighted by Crippen LogP contribution is 2.39. The lowest BCUT2D eigenvalue weighted by Gasteiger charge is -2.26. The van der Waals surface area contributed by atoms with E-state index in [9.17, 15) is 18.0 Å². The number of carbonyl (C=O) groups excluding carboxylic acids is 1. The van der Waals surface area contributed by atoms with Crippen LogP contribution < -0.4 is 20.1 Å². The third kappa shape index (κ3) is 3.88. The van der Waals surface area contributed by atoms with Gasteiger partial charge in [0, 0.05) is 23.4 Å². The Morgan fingerprint density at radius 2 is 1.88 bits per heavy atom. The number of rotatable bonds is 5. The van der Waals surface area contributed by atoms with E-state index in [4.69, 9.17) is 9.47 Å².